The standard InChI is InChI=1S/C23H29N5O5/c1-3-8-28(9-11-30)23-26-19(16-6-4-5-15(12-16)14-33-2)21-20(27-23)17(24-7-10-29)13-18(25-21)22(31)32/h4-6,12-13,29-30H,3,7-11,14H2,1-2H3,(H,24,25)(H,31,32). The van der Waals surface area contributed by atoms with E-state index in [0.29, 0.717) is 48.1 Å². The Labute approximate surface area is 191 Å². The number of ether oxygens (including phenoxy) is 1. The van der Waals surface area contributed by atoms with E-state index < -0.39 is 5.97 Å². The number of benzene rings is 1. The van der Waals surface area contributed by atoms with Crippen LogP contribution in [0.25, 0.3) is 22.3 Å². The van der Waals surface area contributed by atoms with E-state index in [9.17, 15) is 20.1 Å². The van der Waals surface area contributed by atoms with Crippen molar-refractivity contribution in [2.45, 2.75) is 20.0 Å². The number of carboxylic acids is 1. The number of nitrogens with zero attached hydrogens (tertiary/aromatic N) is 4. The van der Waals surface area contributed by atoms with E-state index in [1.54, 1.807) is 7.11 Å². The Bertz CT molecular complexity index is 1100. The first-order valence-electron chi connectivity index (χ1n) is 10.8. The Morgan fingerprint density at radius 1 is 1.09 bits per heavy atom. The Kier molecular flexibility index (Phi) is 8.47. The highest BCUT2D eigenvalue weighted by atomic mass is 16.5. The van der Waals surface area contributed by atoms with Gasteiger partial charge in [0.2, 0.25) is 5.95 Å². The summed E-state index contributed by atoms with van der Waals surface area (Å²) in [6, 6.07) is 8.99. The fourth-order valence-electron chi connectivity index (χ4n) is 3.55. The third-order valence-electron chi connectivity index (χ3n) is 4.94. The number of aromatic nitrogens is 3. The van der Waals surface area contributed by atoms with Crippen molar-refractivity contribution in [1.82, 2.24) is 15.0 Å². The van der Waals surface area contributed by atoms with Crippen LogP contribution in [0.15, 0.2) is 30.3 Å². The molecule has 1 aromatic carbocycles. The van der Waals surface area contributed by atoms with E-state index in [0.717, 1.165) is 17.5 Å². The van der Waals surface area contributed by atoms with Gasteiger partial charge >= 0.3 is 5.97 Å². The molecule has 0 amide bonds. The second-order valence-corrected chi connectivity index (χ2v) is 7.42. The maximum absolute atomic E-state index is 11.8. The topological polar surface area (TPSA) is 141 Å². The average Bonchev–Trinajstić information content (AvgIpc) is 2.82. The van der Waals surface area contributed by atoms with Gasteiger partial charge in [-0.15, -0.1) is 0 Å². The molecule has 0 aliphatic rings. The number of aliphatic hydroxyl groups is 2. The van der Waals surface area contributed by atoms with Crippen LogP contribution >= 0.6 is 0 Å². The molecule has 33 heavy (non-hydrogen) atoms. The maximum atomic E-state index is 11.8. The minimum Gasteiger partial charge on any atom is -0.477 e. The number of rotatable bonds is 12. The van der Waals surface area contributed by atoms with Crippen LogP contribution in [0.3, 0.4) is 0 Å². The normalized spacial score (nSPS) is 11.0. The van der Waals surface area contributed by atoms with Gasteiger partial charge in [0, 0.05) is 32.3 Å². The number of carboxylic acid groups (broad SMARTS) is 1. The van der Waals surface area contributed by atoms with Crippen molar-refractivity contribution in [3.63, 3.8) is 0 Å². The number of methoxy groups -OCH3 is 1. The van der Waals surface area contributed by atoms with Crippen molar-refractivity contribution in [3.05, 3.63) is 41.6 Å². The fourth-order valence-corrected chi connectivity index (χ4v) is 3.55. The summed E-state index contributed by atoms with van der Waals surface area (Å²) in [6.45, 7) is 3.43. The van der Waals surface area contributed by atoms with Crippen LogP contribution in [0.1, 0.15) is 29.4 Å². The fraction of sp³-hybridized carbons (Fsp3) is 0.391. The second-order valence-electron chi connectivity index (χ2n) is 7.42. The van der Waals surface area contributed by atoms with Crippen LogP contribution in [0, 0.1) is 0 Å². The summed E-state index contributed by atoms with van der Waals surface area (Å²) in [6.07, 6.45) is 0.825. The molecule has 0 spiro atoms. The van der Waals surface area contributed by atoms with Crippen molar-refractivity contribution in [3.8, 4) is 11.3 Å². The van der Waals surface area contributed by atoms with Gasteiger partial charge in [0.05, 0.1) is 25.5 Å². The lowest BCUT2D eigenvalue weighted by atomic mass is 10.1. The molecule has 2 aromatic heterocycles. The lowest BCUT2D eigenvalue weighted by molar-refractivity contribution is 0.0691. The van der Waals surface area contributed by atoms with E-state index in [4.69, 9.17) is 14.7 Å². The zero-order valence-corrected chi connectivity index (χ0v) is 18.8. The van der Waals surface area contributed by atoms with Crippen LogP contribution in [0.4, 0.5) is 11.6 Å². The highest BCUT2D eigenvalue weighted by Crippen LogP contribution is 2.32. The molecule has 3 aromatic rings. The number of aromatic carboxylic acids is 1. The van der Waals surface area contributed by atoms with Gasteiger partial charge in [-0.05, 0) is 24.1 Å². The number of carbonyl (C=O) groups is 1. The molecule has 3 rings (SSSR count). The summed E-state index contributed by atoms with van der Waals surface area (Å²) in [7, 11) is 1.61. The lowest BCUT2D eigenvalue weighted by Gasteiger charge is -2.23. The average molecular weight is 456 g/mol. The molecule has 176 valence electrons. The van der Waals surface area contributed by atoms with E-state index >= 15 is 0 Å². The Morgan fingerprint density at radius 2 is 1.91 bits per heavy atom. The van der Waals surface area contributed by atoms with Crippen LogP contribution < -0.4 is 10.2 Å². The molecule has 10 nitrogen and oxygen atoms in total. The number of fused-ring (bicyclic) bond motifs is 1. The van der Waals surface area contributed by atoms with Gasteiger partial charge in [0.25, 0.3) is 0 Å². The Morgan fingerprint density at radius 3 is 2.58 bits per heavy atom. The molecule has 0 saturated heterocycles. The van der Waals surface area contributed by atoms with E-state index in [2.05, 4.69) is 10.3 Å². The van der Waals surface area contributed by atoms with Crippen molar-refractivity contribution >= 4 is 28.6 Å². The number of nitrogens with one attached hydrogen (secondary N) is 1. The zero-order chi connectivity index (χ0) is 23.8. The predicted molar refractivity (Wildman–Crippen MR) is 126 cm³/mol. The number of aliphatic hydroxyl groups excluding tert-OH is 2. The van der Waals surface area contributed by atoms with Crippen molar-refractivity contribution < 1.29 is 24.9 Å². The zero-order valence-electron chi connectivity index (χ0n) is 18.8. The summed E-state index contributed by atoms with van der Waals surface area (Å²) in [4.78, 5) is 27.5. The summed E-state index contributed by atoms with van der Waals surface area (Å²) in [5.41, 5.74) is 3.18. The summed E-state index contributed by atoms with van der Waals surface area (Å²) in [5, 5.41) is 31.5. The van der Waals surface area contributed by atoms with Crippen molar-refractivity contribution in [2.75, 3.05) is 50.2 Å². The quantitative estimate of drug-likeness (QED) is 0.321. The van der Waals surface area contributed by atoms with E-state index in [-0.39, 0.29) is 25.5 Å². The summed E-state index contributed by atoms with van der Waals surface area (Å²) < 4.78 is 5.25. The van der Waals surface area contributed by atoms with Crippen LogP contribution in [-0.4, -0.2) is 76.2 Å². The molecular formula is C23H29N5O5. The van der Waals surface area contributed by atoms with Crippen molar-refractivity contribution in [2.24, 2.45) is 0 Å². The highest BCUT2D eigenvalue weighted by molar-refractivity contribution is 6.00. The molecule has 0 aliphatic carbocycles. The molecule has 0 fully saturated rings. The van der Waals surface area contributed by atoms with Gasteiger partial charge in [-0.2, -0.15) is 0 Å². The van der Waals surface area contributed by atoms with Gasteiger partial charge < -0.3 is 30.3 Å². The minimum absolute atomic E-state index is 0.0636. The number of anilines is 2. The first-order chi connectivity index (χ1) is 16.0. The number of hydrogen-bond donors (Lipinski definition) is 4. The molecular weight excluding hydrogens is 426 g/mol. The molecule has 0 radical (unpaired) electrons. The molecule has 2 heterocycles. The molecule has 0 bridgehead atoms. The van der Waals surface area contributed by atoms with Gasteiger partial charge in [-0.3, -0.25) is 0 Å². The van der Waals surface area contributed by atoms with Crippen LogP contribution in [0.5, 0.6) is 0 Å². The highest BCUT2D eigenvalue weighted by Gasteiger charge is 2.20. The lowest BCUT2D eigenvalue weighted by Crippen LogP contribution is -2.29. The van der Waals surface area contributed by atoms with E-state index in [1.165, 1.54) is 6.07 Å². The number of pyridine rings is 1. The predicted octanol–water partition coefficient (Wildman–Crippen LogP) is 2.15. The third-order valence-corrected chi connectivity index (χ3v) is 4.94. The Hall–Kier alpha value is -3.34. The van der Waals surface area contributed by atoms with Gasteiger partial charge in [-0.25, -0.2) is 19.7 Å². The van der Waals surface area contributed by atoms with E-state index in [1.807, 2.05) is 36.1 Å². The minimum atomic E-state index is -1.18. The number of hydrogen-bond acceptors (Lipinski definition) is 9. The Balaban J connectivity index is 2.33. The first-order valence-corrected chi connectivity index (χ1v) is 10.8. The molecule has 10 heteroatoms. The molecule has 4 N–H and O–H groups in total. The monoisotopic (exact) mass is 455 g/mol. The second kappa shape index (κ2) is 11.5. The summed E-state index contributed by atoms with van der Waals surface area (Å²) in [5.74, 6) is -0.775. The molecule has 0 saturated carbocycles. The SMILES string of the molecule is CCCN(CCO)c1nc(-c2cccc(COC)c2)c2nc(C(=O)O)cc(NCCO)c2n1. The molecule has 0 unspecified atom stereocenters. The van der Waals surface area contributed by atoms with Crippen LogP contribution in [-0.2, 0) is 11.3 Å². The van der Waals surface area contributed by atoms with Gasteiger partial charge in [-0.1, -0.05) is 25.1 Å². The van der Waals surface area contributed by atoms with Gasteiger partial charge in [0.1, 0.15) is 16.7 Å². The first kappa shape index (κ1) is 24.3. The summed E-state index contributed by atoms with van der Waals surface area (Å²) >= 11 is 0. The largest absolute Gasteiger partial charge is 0.477 e. The maximum Gasteiger partial charge on any atom is 0.354 e. The molecule has 0 aliphatic heterocycles. The van der Waals surface area contributed by atoms with Crippen molar-refractivity contribution in [1.29, 1.82) is 0 Å². The van der Waals surface area contributed by atoms with Gasteiger partial charge in [0.15, 0.2) is 5.69 Å². The smallest absolute Gasteiger partial charge is 0.354 e. The molecule has 0 atom stereocenters. The third kappa shape index (κ3) is 5.72. The van der Waals surface area contributed by atoms with Crippen LogP contribution in [0.2, 0.25) is 0 Å².